The van der Waals surface area contributed by atoms with E-state index >= 15 is 0 Å². The summed E-state index contributed by atoms with van der Waals surface area (Å²) in [6, 6.07) is 5.76. The predicted octanol–water partition coefficient (Wildman–Crippen LogP) is 2.50. The molecule has 0 saturated carbocycles. The van der Waals surface area contributed by atoms with Gasteiger partial charge in [0.15, 0.2) is 0 Å². The van der Waals surface area contributed by atoms with Crippen molar-refractivity contribution in [1.82, 2.24) is 9.97 Å². The summed E-state index contributed by atoms with van der Waals surface area (Å²) in [6.45, 7) is 4.52. The molecule has 1 heterocycles. The normalized spacial score (nSPS) is 11.2. The monoisotopic (exact) mass is 220 g/mol. The molecule has 0 atom stereocenters. The Morgan fingerprint density at radius 3 is 2.88 bits per heavy atom. The Labute approximate surface area is 94.6 Å². The van der Waals surface area contributed by atoms with E-state index in [1.54, 1.807) is 7.11 Å². The highest BCUT2D eigenvalue weighted by Crippen LogP contribution is 2.18. The zero-order valence-corrected chi connectivity index (χ0v) is 9.78. The molecule has 0 unspecified atom stereocenters. The van der Waals surface area contributed by atoms with Crippen molar-refractivity contribution in [3.8, 4) is 5.75 Å². The molecule has 0 fully saturated rings. The molecule has 1 aromatic heterocycles. The highest BCUT2D eigenvalue weighted by atomic mass is 16.5. The number of methoxy groups -OCH3 is 1. The van der Waals surface area contributed by atoms with E-state index in [1.165, 1.54) is 0 Å². The summed E-state index contributed by atoms with van der Waals surface area (Å²) < 4.78 is 10.6. The Hall–Kier alpha value is -1.55. The minimum absolute atomic E-state index is 0.211. The molecule has 0 aliphatic heterocycles. The first kappa shape index (κ1) is 11.0. The van der Waals surface area contributed by atoms with Gasteiger partial charge in [-0.15, -0.1) is 0 Å². The number of aromatic nitrogens is 2. The second-order valence-corrected chi connectivity index (χ2v) is 3.93. The molecule has 4 heteroatoms. The maximum absolute atomic E-state index is 5.49. The van der Waals surface area contributed by atoms with Gasteiger partial charge in [0.05, 0.1) is 24.2 Å². The van der Waals surface area contributed by atoms with Gasteiger partial charge in [-0.1, -0.05) is 0 Å². The Kier molecular flexibility index (Phi) is 3.10. The first-order valence-corrected chi connectivity index (χ1v) is 5.33. The highest BCUT2D eigenvalue weighted by molar-refractivity contribution is 5.76. The van der Waals surface area contributed by atoms with Crippen molar-refractivity contribution in [3.63, 3.8) is 0 Å². The van der Waals surface area contributed by atoms with Gasteiger partial charge in [0.1, 0.15) is 18.2 Å². The third kappa shape index (κ3) is 2.33. The number of aromatic amines is 1. The predicted molar refractivity (Wildman–Crippen MR) is 62.6 cm³/mol. The molecular weight excluding hydrogens is 204 g/mol. The summed E-state index contributed by atoms with van der Waals surface area (Å²) >= 11 is 0. The number of nitrogens with one attached hydrogen (secondary N) is 1. The van der Waals surface area contributed by atoms with E-state index in [9.17, 15) is 0 Å². The molecular formula is C12H16N2O2. The van der Waals surface area contributed by atoms with E-state index < -0.39 is 0 Å². The van der Waals surface area contributed by atoms with Crippen LogP contribution in [-0.2, 0) is 11.3 Å². The molecule has 2 aromatic rings. The van der Waals surface area contributed by atoms with Crippen molar-refractivity contribution in [1.29, 1.82) is 0 Å². The van der Waals surface area contributed by atoms with Crippen LogP contribution < -0.4 is 4.74 Å². The van der Waals surface area contributed by atoms with Crippen molar-refractivity contribution in [2.45, 2.75) is 26.6 Å². The third-order valence-electron chi connectivity index (χ3n) is 2.29. The smallest absolute Gasteiger partial charge is 0.133 e. The quantitative estimate of drug-likeness (QED) is 0.861. The van der Waals surface area contributed by atoms with Crippen LogP contribution >= 0.6 is 0 Å². The number of rotatable bonds is 4. The van der Waals surface area contributed by atoms with Crippen LogP contribution in [0.4, 0.5) is 0 Å². The van der Waals surface area contributed by atoms with Crippen LogP contribution in [0.1, 0.15) is 19.7 Å². The first-order chi connectivity index (χ1) is 7.69. The lowest BCUT2D eigenvalue weighted by Crippen LogP contribution is -2.03. The fourth-order valence-electron chi connectivity index (χ4n) is 1.48. The van der Waals surface area contributed by atoms with E-state index in [2.05, 4.69) is 9.97 Å². The minimum atomic E-state index is 0.211. The van der Waals surface area contributed by atoms with Crippen LogP contribution in [0.3, 0.4) is 0 Å². The molecule has 1 aromatic carbocycles. The Bertz CT molecular complexity index is 477. The lowest BCUT2D eigenvalue weighted by atomic mass is 10.3. The molecule has 0 bridgehead atoms. The van der Waals surface area contributed by atoms with Gasteiger partial charge in [-0.25, -0.2) is 4.98 Å². The van der Waals surface area contributed by atoms with Gasteiger partial charge < -0.3 is 14.5 Å². The van der Waals surface area contributed by atoms with E-state index in [1.807, 2.05) is 32.0 Å². The van der Waals surface area contributed by atoms with E-state index in [0.29, 0.717) is 6.61 Å². The van der Waals surface area contributed by atoms with Crippen molar-refractivity contribution < 1.29 is 9.47 Å². The maximum Gasteiger partial charge on any atom is 0.133 e. The summed E-state index contributed by atoms with van der Waals surface area (Å²) in [7, 11) is 1.65. The largest absolute Gasteiger partial charge is 0.497 e. The topological polar surface area (TPSA) is 47.1 Å². The number of hydrogen-bond acceptors (Lipinski definition) is 3. The number of nitrogens with zero attached hydrogens (tertiary/aromatic N) is 1. The SMILES string of the molecule is COc1ccc2nc(COC(C)C)[nH]c2c1. The summed E-state index contributed by atoms with van der Waals surface area (Å²) in [5, 5.41) is 0. The number of benzene rings is 1. The first-order valence-electron chi connectivity index (χ1n) is 5.33. The van der Waals surface area contributed by atoms with E-state index in [0.717, 1.165) is 22.6 Å². The van der Waals surface area contributed by atoms with Gasteiger partial charge in [0.25, 0.3) is 0 Å². The molecule has 1 N–H and O–H groups in total. The zero-order valence-electron chi connectivity index (χ0n) is 9.78. The van der Waals surface area contributed by atoms with Gasteiger partial charge >= 0.3 is 0 Å². The van der Waals surface area contributed by atoms with Crippen LogP contribution in [0.15, 0.2) is 18.2 Å². The lowest BCUT2D eigenvalue weighted by molar-refractivity contribution is 0.0618. The second kappa shape index (κ2) is 4.53. The molecule has 4 nitrogen and oxygen atoms in total. The zero-order chi connectivity index (χ0) is 11.5. The molecule has 0 aliphatic rings. The van der Waals surface area contributed by atoms with Crippen molar-refractivity contribution in [2.24, 2.45) is 0 Å². The minimum Gasteiger partial charge on any atom is -0.497 e. The third-order valence-corrected chi connectivity index (χ3v) is 2.29. The average Bonchev–Trinajstić information content (AvgIpc) is 2.67. The van der Waals surface area contributed by atoms with Crippen LogP contribution in [0.2, 0.25) is 0 Å². The molecule has 0 amide bonds. The summed E-state index contributed by atoms with van der Waals surface area (Å²) in [4.78, 5) is 7.63. The molecule has 2 rings (SSSR count). The molecule has 0 spiro atoms. The van der Waals surface area contributed by atoms with Crippen molar-refractivity contribution in [2.75, 3.05) is 7.11 Å². The molecule has 16 heavy (non-hydrogen) atoms. The number of imidazole rings is 1. The molecule has 0 aliphatic carbocycles. The van der Waals surface area contributed by atoms with Crippen LogP contribution in [0.25, 0.3) is 11.0 Å². The molecule has 0 radical (unpaired) electrons. The van der Waals surface area contributed by atoms with Crippen LogP contribution in [-0.4, -0.2) is 23.2 Å². The summed E-state index contributed by atoms with van der Waals surface area (Å²) in [5.41, 5.74) is 1.91. The average molecular weight is 220 g/mol. The van der Waals surface area contributed by atoms with Gasteiger partial charge in [0.2, 0.25) is 0 Å². The Morgan fingerprint density at radius 1 is 1.38 bits per heavy atom. The van der Waals surface area contributed by atoms with Crippen molar-refractivity contribution >= 4 is 11.0 Å². The van der Waals surface area contributed by atoms with Gasteiger partial charge in [0, 0.05) is 6.07 Å². The second-order valence-electron chi connectivity index (χ2n) is 3.93. The highest BCUT2D eigenvalue weighted by Gasteiger charge is 2.04. The number of H-pyrrole nitrogens is 1. The van der Waals surface area contributed by atoms with Gasteiger partial charge in [-0.3, -0.25) is 0 Å². The molecule has 86 valence electrons. The fraction of sp³-hybridized carbons (Fsp3) is 0.417. The fourth-order valence-corrected chi connectivity index (χ4v) is 1.48. The number of hydrogen-bond donors (Lipinski definition) is 1. The number of ether oxygens (including phenoxy) is 2. The lowest BCUT2D eigenvalue weighted by Gasteiger charge is -2.03. The van der Waals surface area contributed by atoms with Crippen LogP contribution in [0, 0.1) is 0 Å². The van der Waals surface area contributed by atoms with Crippen molar-refractivity contribution in [3.05, 3.63) is 24.0 Å². The maximum atomic E-state index is 5.49. The van der Waals surface area contributed by atoms with Crippen LogP contribution in [0.5, 0.6) is 5.75 Å². The van der Waals surface area contributed by atoms with Gasteiger partial charge in [-0.2, -0.15) is 0 Å². The molecule has 0 saturated heterocycles. The van der Waals surface area contributed by atoms with E-state index in [-0.39, 0.29) is 6.10 Å². The number of fused-ring (bicyclic) bond motifs is 1. The Balaban J connectivity index is 2.22. The summed E-state index contributed by atoms with van der Waals surface area (Å²) in [5.74, 6) is 1.67. The summed E-state index contributed by atoms with van der Waals surface area (Å²) in [6.07, 6.45) is 0.211. The van der Waals surface area contributed by atoms with E-state index in [4.69, 9.17) is 9.47 Å². The standard InChI is InChI=1S/C12H16N2O2/c1-8(2)16-7-12-13-10-5-4-9(15-3)6-11(10)14-12/h4-6,8H,7H2,1-3H3,(H,13,14). The van der Waals surface area contributed by atoms with Gasteiger partial charge in [-0.05, 0) is 26.0 Å². The Morgan fingerprint density at radius 2 is 2.19 bits per heavy atom.